The van der Waals surface area contributed by atoms with E-state index in [1.165, 1.54) is 0 Å². The summed E-state index contributed by atoms with van der Waals surface area (Å²) in [7, 11) is 3.90. The molecule has 1 atom stereocenters. The van der Waals surface area contributed by atoms with Gasteiger partial charge < -0.3 is 0 Å². The predicted molar refractivity (Wildman–Crippen MR) is 40.9 cm³/mol. The lowest BCUT2D eigenvalue weighted by molar-refractivity contribution is -0.124. The molecule has 2 nitrogen and oxygen atoms in total. The molecule has 58 valence electrons. The third-order valence-electron chi connectivity index (χ3n) is 2.17. The molecule has 0 unspecified atom stereocenters. The van der Waals surface area contributed by atoms with E-state index < -0.39 is 0 Å². The molecular weight excluding hydrogens is 126 g/mol. The number of ketones is 1. The minimum Gasteiger partial charge on any atom is -0.300 e. The van der Waals surface area contributed by atoms with Crippen molar-refractivity contribution in [1.82, 2.24) is 4.90 Å². The van der Waals surface area contributed by atoms with Gasteiger partial charge in [-0.3, -0.25) is 9.69 Å². The van der Waals surface area contributed by atoms with E-state index >= 15 is 0 Å². The zero-order chi connectivity index (χ0) is 7.72. The standard InChI is InChI=1S/C8H15NO/c1-6(9(2)3)8(10)7-4-5-7/h6-7H,4-5H2,1-3H3/t6-/m0/s1. The second kappa shape index (κ2) is 2.70. The summed E-state index contributed by atoms with van der Waals surface area (Å²) in [5.41, 5.74) is 0. The van der Waals surface area contributed by atoms with Gasteiger partial charge in [0.05, 0.1) is 6.04 Å². The number of rotatable bonds is 3. The van der Waals surface area contributed by atoms with Crippen molar-refractivity contribution in [3.05, 3.63) is 0 Å². The maximum Gasteiger partial charge on any atom is 0.152 e. The molecule has 2 heteroatoms. The summed E-state index contributed by atoms with van der Waals surface area (Å²) in [5.74, 6) is 0.822. The van der Waals surface area contributed by atoms with Gasteiger partial charge in [-0.05, 0) is 33.9 Å². The summed E-state index contributed by atoms with van der Waals surface area (Å²) in [5, 5.41) is 0. The van der Waals surface area contributed by atoms with E-state index in [0.29, 0.717) is 11.7 Å². The molecule has 0 aromatic carbocycles. The van der Waals surface area contributed by atoms with E-state index in [0.717, 1.165) is 12.8 Å². The van der Waals surface area contributed by atoms with Crippen molar-refractivity contribution >= 4 is 5.78 Å². The Morgan fingerprint density at radius 1 is 1.50 bits per heavy atom. The molecule has 1 aliphatic carbocycles. The quantitative estimate of drug-likeness (QED) is 0.582. The average Bonchev–Trinajstić information content (AvgIpc) is 2.65. The monoisotopic (exact) mass is 141 g/mol. The topological polar surface area (TPSA) is 20.3 Å². The molecule has 0 amide bonds. The fourth-order valence-electron chi connectivity index (χ4n) is 0.963. The van der Waals surface area contributed by atoms with Crippen LogP contribution in [0.3, 0.4) is 0 Å². The minimum atomic E-state index is 0.118. The largest absolute Gasteiger partial charge is 0.300 e. The molecule has 1 fully saturated rings. The van der Waals surface area contributed by atoms with Crippen molar-refractivity contribution in [1.29, 1.82) is 0 Å². The summed E-state index contributed by atoms with van der Waals surface area (Å²) in [6, 6.07) is 0.118. The summed E-state index contributed by atoms with van der Waals surface area (Å²) >= 11 is 0. The molecule has 10 heavy (non-hydrogen) atoms. The molecule has 0 N–H and O–H groups in total. The van der Waals surface area contributed by atoms with Gasteiger partial charge in [0.15, 0.2) is 5.78 Å². The average molecular weight is 141 g/mol. The van der Waals surface area contributed by atoms with Crippen LogP contribution in [0.5, 0.6) is 0 Å². The maximum atomic E-state index is 11.3. The normalized spacial score (nSPS) is 21.2. The van der Waals surface area contributed by atoms with Gasteiger partial charge in [-0.1, -0.05) is 0 Å². The van der Waals surface area contributed by atoms with Crippen molar-refractivity contribution in [2.45, 2.75) is 25.8 Å². The SMILES string of the molecule is C[C@@H](C(=O)C1CC1)N(C)C. The third-order valence-corrected chi connectivity index (χ3v) is 2.17. The molecule has 0 aromatic heterocycles. The highest BCUT2D eigenvalue weighted by molar-refractivity contribution is 5.87. The first-order chi connectivity index (χ1) is 4.63. The van der Waals surface area contributed by atoms with Crippen LogP contribution in [0.15, 0.2) is 0 Å². The van der Waals surface area contributed by atoms with Gasteiger partial charge in [0, 0.05) is 5.92 Å². The Labute approximate surface area is 62.2 Å². The number of hydrogen-bond acceptors (Lipinski definition) is 2. The van der Waals surface area contributed by atoms with E-state index in [9.17, 15) is 4.79 Å². The van der Waals surface area contributed by atoms with Gasteiger partial charge in [0.1, 0.15) is 0 Å². The van der Waals surface area contributed by atoms with Crippen molar-refractivity contribution in [3.63, 3.8) is 0 Å². The molecule has 1 saturated carbocycles. The Kier molecular flexibility index (Phi) is 2.09. The number of hydrogen-bond donors (Lipinski definition) is 0. The van der Waals surface area contributed by atoms with Gasteiger partial charge in [-0.2, -0.15) is 0 Å². The fourth-order valence-corrected chi connectivity index (χ4v) is 0.963. The van der Waals surface area contributed by atoms with E-state index in [2.05, 4.69) is 0 Å². The number of nitrogens with zero attached hydrogens (tertiary/aromatic N) is 1. The zero-order valence-corrected chi connectivity index (χ0v) is 6.92. The number of Topliss-reactive ketones (excluding diaryl/α,β-unsaturated/α-hetero) is 1. The van der Waals surface area contributed by atoms with Crippen LogP contribution < -0.4 is 0 Å². The van der Waals surface area contributed by atoms with Crippen molar-refractivity contribution in [2.75, 3.05) is 14.1 Å². The van der Waals surface area contributed by atoms with Crippen molar-refractivity contribution < 1.29 is 4.79 Å². The number of likely N-dealkylation sites (N-methyl/N-ethyl adjacent to an activating group) is 1. The first kappa shape index (κ1) is 7.73. The lowest BCUT2D eigenvalue weighted by Crippen LogP contribution is -2.33. The smallest absolute Gasteiger partial charge is 0.152 e. The van der Waals surface area contributed by atoms with Gasteiger partial charge in [0.2, 0.25) is 0 Å². The maximum absolute atomic E-state index is 11.3. The molecule has 1 rings (SSSR count). The highest BCUT2D eigenvalue weighted by Crippen LogP contribution is 2.31. The predicted octanol–water partition coefficient (Wildman–Crippen LogP) is 0.916. The van der Waals surface area contributed by atoms with Crippen LogP contribution in [0.25, 0.3) is 0 Å². The minimum absolute atomic E-state index is 0.118. The van der Waals surface area contributed by atoms with Crippen LogP contribution in [-0.2, 0) is 4.79 Å². The Morgan fingerprint density at radius 3 is 2.30 bits per heavy atom. The molecule has 0 bridgehead atoms. The van der Waals surface area contributed by atoms with Crippen LogP contribution in [0, 0.1) is 5.92 Å². The molecule has 0 spiro atoms. The number of carbonyl (C=O) groups is 1. The molecular formula is C8H15NO. The lowest BCUT2D eigenvalue weighted by atomic mass is 10.1. The van der Waals surface area contributed by atoms with Gasteiger partial charge in [-0.15, -0.1) is 0 Å². The van der Waals surface area contributed by atoms with Crippen molar-refractivity contribution in [3.8, 4) is 0 Å². The summed E-state index contributed by atoms with van der Waals surface area (Å²) in [6.07, 6.45) is 2.24. The summed E-state index contributed by atoms with van der Waals surface area (Å²) in [6.45, 7) is 1.97. The Bertz CT molecular complexity index is 138. The zero-order valence-electron chi connectivity index (χ0n) is 6.92. The van der Waals surface area contributed by atoms with Crippen LogP contribution >= 0.6 is 0 Å². The summed E-state index contributed by atoms with van der Waals surface area (Å²) in [4.78, 5) is 13.3. The van der Waals surface area contributed by atoms with Crippen molar-refractivity contribution in [2.24, 2.45) is 5.92 Å². The Hall–Kier alpha value is -0.370. The van der Waals surface area contributed by atoms with Gasteiger partial charge in [-0.25, -0.2) is 0 Å². The molecule has 0 aliphatic heterocycles. The number of carbonyl (C=O) groups excluding carboxylic acids is 1. The highest BCUT2D eigenvalue weighted by Gasteiger charge is 2.33. The first-order valence-corrected chi connectivity index (χ1v) is 3.83. The van der Waals surface area contributed by atoms with E-state index in [4.69, 9.17) is 0 Å². The molecule has 1 aliphatic rings. The molecule has 0 saturated heterocycles. The second-order valence-electron chi connectivity index (χ2n) is 3.32. The van der Waals surface area contributed by atoms with Gasteiger partial charge in [0.25, 0.3) is 0 Å². The lowest BCUT2D eigenvalue weighted by Gasteiger charge is -2.17. The van der Waals surface area contributed by atoms with Gasteiger partial charge >= 0.3 is 0 Å². The highest BCUT2D eigenvalue weighted by atomic mass is 16.1. The van der Waals surface area contributed by atoms with E-state index in [-0.39, 0.29) is 6.04 Å². The van der Waals surface area contributed by atoms with E-state index in [1.54, 1.807) is 0 Å². The van der Waals surface area contributed by atoms with Crippen LogP contribution in [0.1, 0.15) is 19.8 Å². The Balaban J connectivity index is 2.38. The van der Waals surface area contributed by atoms with Crippen LogP contribution in [0.2, 0.25) is 0 Å². The Morgan fingerprint density at radius 2 is 2.00 bits per heavy atom. The second-order valence-corrected chi connectivity index (χ2v) is 3.32. The fraction of sp³-hybridized carbons (Fsp3) is 0.875. The summed E-state index contributed by atoms with van der Waals surface area (Å²) < 4.78 is 0. The molecule has 0 radical (unpaired) electrons. The molecule has 0 aromatic rings. The third kappa shape index (κ3) is 1.57. The van der Waals surface area contributed by atoms with Crippen LogP contribution in [-0.4, -0.2) is 30.8 Å². The van der Waals surface area contributed by atoms with Crippen LogP contribution in [0.4, 0.5) is 0 Å². The van der Waals surface area contributed by atoms with E-state index in [1.807, 2.05) is 25.9 Å². The first-order valence-electron chi connectivity index (χ1n) is 3.83. The molecule has 0 heterocycles.